The van der Waals surface area contributed by atoms with Crippen LogP contribution < -0.4 is 10.6 Å². The van der Waals surface area contributed by atoms with Gasteiger partial charge >= 0.3 is 0 Å². The highest BCUT2D eigenvalue weighted by Crippen LogP contribution is 2.25. The van der Waals surface area contributed by atoms with E-state index in [1.54, 1.807) is 11.0 Å². The van der Waals surface area contributed by atoms with Crippen LogP contribution in [0.4, 0.5) is 5.69 Å². The normalized spacial score (nSPS) is 20.6. The summed E-state index contributed by atoms with van der Waals surface area (Å²) in [5.74, 6) is -0.0797. The Morgan fingerprint density at radius 1 is 1.20 bits per heavy atom. The van der Waals surface area contributed by atoms with E-state index in [4.69, 9.17) is 22.6 Å². The fourth-order valence-electron chi connectivity index (χ4n) is 4.29. The van der Waals surface area contributed by atoms with E-state index in [1.165, 1.54) is 0 Å². The van der Waals surface area contributed by atoms with Crippen molar-refractivity contribution in [2.75, 3.05) is 44.2 Å². The Morgan fingerprint density at radius 3 is 2.67 bits per heavy atom. The van der Waals surface area contributed by atoms with E-state index in [0.717, 1.165) is 64.1 Å². The first-order valence-corrected chi connectivity index (χ1v) is 11.0. The number of carbonyl (C=O) groups excluding carboxylic acids is 1. The molecule has 7 nitrogen and oxygen atoms in total. The van der Waals surface area contributed by atoms with Crippen LogP contribution in [-0.2, 0) is 4.79 Å². The lowest BCUT2D eigenvalue weighted by atomic mass is 10.1. The number of amides is 1. The summed E-state index contributed by atoms with van der Waals surface area (Å²) in [5, 5.41) is 19.1. The number of carbonyl (C=O) groups is 1. The monoisotopic (exact) mass is 428 g/mol. The molecular formula is C22H29ClN6O. The van der Waals surface area contributed by atoms with E-state index in [0.29, 0.717) is 23.6 Å². The van der Waals surface area contributed by atoms with E-state index >= 15 is 0 Å². The first-order chi connectivity index (χ1) is 14.5. The van der Waals surface area contributed by atoms with E-state index < -0.39 is 6.04 Å². The van der Waals surface area contributed by atoms with Crippen molar-refractivity contribution in [1.29, 1.82) is 10.5 Å². The maximum Gasteiger partial charge on any atom is 0.240 e. The predicted octanol–water partition coefficient (Wildman–Crippen LogP) is 2.35. The number of anilines is 1. The Bertz CT molecular complexity index is 824. The number of nitriles is 2. The van der Waals surface area contributed by atoms with Crippen molar-refractivity contribution in [1.82, 2.24) is 9.80 Å². The fraction of sp³-hybridized carbons (Fsp3) is 0.591. The number of benzene rings is 1. The predicted molar refractivity (Wildman–Crippen MR) is 117 cm³/mol. The van der Waals surface area contributed by atoms with Gasteiger partial charge in [-0.1, -0.05) is 18.0 Å². The average molecular weight is 429 g/mol. The summed E-state index contributed by atoms with van der Waals surface area (Å²) in [4.78, 5) is 18.8. The first-order valence-electron chi connectivity index (χ1n) is 10.7. The third-order valence-corrected chi connectivity index (χ3v) is 6.27. The summed E-state index contributed by atoms with van der Waals surface area (Å²) in [5.41, 5.74) is 7.66. The Morgan fingerprint density at radius 2 is 1.97 bits per heavy atom. The van der Waals surface area contributed by atoms with Gasteiger partial charge in [0.15, 0.2) is 0 Å². The zero-order valence-electron chi connectivity index (χ0n) is 17.3. The van der Waals surface area contributed by atoms with Gasteiger partial charge in [0.25, 0.3) is 0 Å². The minimum absolute atomic E-state index is 0.0797. The zero-order chi connectivity index (χ0) is 21.5. The SMILES string of the molecule is N#Cc1cc(Cl)ccc1N1CCN(CCCC[C@H](N)C(=O)N2CCC[C@H]2C#N)CC1. The minimum Gasteiger partial charge on any atom is -0.368 e. The highest BCUT2D eigenvalue weighted by molar-refractivity contribution is 6.30. The number of hydrogen-bond acceptors (Lipinski definition) is 6. The van der Waals surface area contributed by atoms with Crippen molar-refractivity contribution < 1.29 is 4.79 Å². The van der Waals surface area contributed by atoms with E-state index in [9.17, 15) is 10.1 Å². The lowest BCUT2D eigenvalue weighted by Gasteiger charge is -2.36. The molecule has 0 bridgehead atoms. The number of likely N-dealkylation sites (tertiary alicyclic amines) is 1. The molecule has 2 N–H and O–H groups in total. The molecule has 160 valence electrons. The van der Waals surface area contributed by atoms with Crippen LogP contribution in [-0.4, -0.2) is 67.1 Å². The van der Waals surface area contributed by atoms with Crippen LogP contribution in [0.15, 0.2) is 18.2 Å². The summed E-state index contributed by atoms with van der Waals surface area (Å²) < 4.78 is 0. The molecule has 1 amide bonds. The van der Waals surface area contributed by atoms with Crippen molar-refractivity contribution in [3.05, 3.63) is 28.8 Å². The molecule has 8 heteroatoms. The molecule has 30 heavy (non-hydrogen) atoms. The van der Waals surface area contributed by atoms with Gasteiger partial charge in [0.2, 0.25) is 5.91 Å². The number of nitrogens with zero attached hydrogens (tertiary/aromatic N) is 5. The second kappa shape index (κ2) is 10.6. The number of rotatable bonds is 7. The summed E-state index contributed by atoms with van der Waals surface area (Å²) in [6.45, 7) is 5.25. The van der Waals surface area contributed by atoms with E-state index in [2.05, 4.69) is 21.9 Å². The molecule has 2 aliphatic heterocycles. The number of piperazine rings is 1. The third-order valence-electron chi connectivity index (χ3n) is 6.03. The van der Waals surface area contributed by atoms with E-state index in [1.807, 2.05) is 12.1 Å². The Hall–Kier alpha value is -2.32. The molecular weight excluding hydrogens is 400 g/mol. The molecule has 0 aromatic heterocycles. The van der Waals surface area contributed by atoms with Crippen LogP contribution in [0.5, 0.6) is 0 Å². The molecule has 0 saturated carbocycles. The quantitative estimate of drug-likeness (QED) is 0.669. The molecule has 0 radical (unpaired) electrons. The highest BCUT2D eigenvalue weighted by Gasteiger charge is 2.31. The number of nitrogens with two attached hydrogens (primary N) is 1. The fourth-order valence-corrected chi connectivity index (χ4v) is 4.46. The molecule has 1 aromatic rings. The number of hydrogen-bond donors (Lipinski definition) is 1. The Balaban J connectivity index is 1.37. The molecule has 2 heterocycles. The summed E-state index contributed by atoms with van der Waals surface area (Å²) in [6, 6.07) is 9.09. The van der Waals surface area contributed by atoms with E-state index in [-0.39, 0.29) is 11.9 Å². The summed E-state index contributed by atoms with van der Waals surface area (Å²) >= 11 is 6.00. The summed E-state index contributed by atoms with van der Waals surface area (Å²) in [6.07, 6.45) is 4.19. The van der Waals surface area contributed by atoms with Crippen molar-refractivity contribution in [2.24, 2.45) is 5.73 Å². The lowest BCUT2D eigenvalue weighted by Crippen LogP contribution is -2.47. The second-order valence-corrected chi connectivity index (χ2v) is 8.46. The highest BCUT2D eigenvalue weighted by atomic mass is 35.5. The number of halogens is 1. The average Bonchev–Trinajstić information content (AvgIpc) is 3.25. The van der Waals surface area contributed by atoms with Crippen molar-refractivity contribution in [3.8, 4) is 12.1 Å². The number of unbranched alkanes of at least 4 members (excludes halogenated alkanes) is 1. The molecule has 0 spiro atoms. The van der Waals surface area contributed by atoms with Gasteiger partial charge in [-0.25, -0.2) is 0 Å². The Labute approximate surface area is 183 Å². The molecule has 3 rings (SSSR count). The topological polar surface area (TPSA) is 100 Å². The van der Waals surface area contributed by atoms with Crippen LogP contribution in [0, 0.1) is 22.7 Å². The van der Waals surface area contributed by atoms with Crippen LogP contribution in [0.1, 0.15) is 37.7 Å². The van der Waals surface area contributed by atoms with Gasteiger partial charge in [0.05, 0.1) is 23.4 Å². The van der Waals surface area contributed by atoms with Gasteiger partial charge in [0.1, 0.15) is 12.1 Å². The molecule has 0 unspecified atom stereocenters. The maximum absolute atomic E-state index is 12.5. The molecule has 1 aromatic carbocycles. The molecule has 2 aliphatic rings. The largest absolute Gasteiger partial charge is 0.368 e. The van der Waals surface area contributed by atoms with Crippen LogP contribution in [0.3, 0.4) is 0 Å². The molecule has 2 atom stereocenters. The van der Waals surface area contributed by atoms with Gasteiger partial charge < -0.3 is 15.5 Å². The van der Waals surface area contributed by atoms with Gasteiger partial charge in [-0.05, 0) is 50.4 Å². The van der Waals surface area contributed by atoms with Gasteiger partial charge in [-0.15, -0.1) is 0 Å². The van der Waals surface area contributed by atoms with Crippen LogP contribution in [0.25, 0.3) is 0 Å². The van der Waals surface area contributed by atoms with Crippen LogP contribution >= 0.6 is 11.6 Å². The standard InChI is InChI=1S/C22H29ClN6O/c23-18-6-7-21(17(14-18)15-24)28-12-10-27(11-13-28)8-2-1-5-20(26)22(30)29-9-3-4-19(29)16-25/h6-7,14,19-20H,1-5,8-13,26H2/t19-,20-/m0/s1. The minimum atomic E-state index is -0.509. The van der Waals surface area contributed by atoms with Crippen molar-refractivity contribution in [3.63, 3.8) is 0 Å². The smallest absolute Gasteiger partial charge is 0.240 e. The molecule has 2 fully saturated rings. The zero-order valence-corrected chi connectivity index (χ0v) is 18.0. The first kappa shape index (κ1) is 22.4. The maximum atomic E-state index is 12.5. The van der Waals surface area contributed by atoms with Crippen molar-refractivity contribution >= 4 is 23.2 Å². The molecule has 2 saturated heterocycles. The Kier molecular flexibility index (Phi) is 7.93. The third kappa shape index (κ3) is 5.43. The molecule has 0 aliphatic carbocycles. The van der Waals surface area contributed by atoms with Gasteiger partial charge in [-0.3, -0.25) is 9.69 Å². The van der Waals surface area contributed by atoms with Crippen molar-refractivity contribution in [2.45, 2.75) is 44.2 Å². The second-order valence-electron chi connectivity index (χ2n) is 8.02. The van der Waals surface area contributed by atoms with Gasteiger partial charge in [-0.2, -0.15) is 10.5 Å². The van der Waals surface area contributed by atoms with Crippen LogP contribution in [0.2, 0.25) is 5.02 Å². The summed E-state index contributed by atoms with van der Waals surface area (Å²) in [7, 11) is 0. The lowest BCUT2D eigenvalue weighted by molar-refractivity contribution is -0.132. The van der Waals surface area contributed by atoms with Gasteiger partial charge in [0, 0.05) is 37.7 Å².